The highest BCUT2D eigenvalue weighted by atomic mass is 19.4. The van der Waals surface area contributed by atoms with Crippen LogP contribution in [0.5, 0.6) is 0 Å². The highest BCUT2D eigenvalue weighted by Gasteiger charge is 2.31. The molecule has 156 valence electrons. The molecule has 5 heteroatoms. The Kier molecular flexibility index (Phi) is 6.76. The van der Waals surface area contributed by atoms with Gasteiger partial charge in [0, 0.05) is 5.92 Å². The third-order valence-electron chi connectivity index (χ3n) is 5.68. The van der Waals surface area contributed by atoms with Crippen molar-refractivity contribution in [2.45, 2.75) is 57.5 Å². The van der Waals surface area contributed by atoms with Crippen molar-refractivity contribution in [1.29, 1.82) is 0 Å². The molecule has 0 bridgehead atoms. The number of allylic oxidation sites excluding steroid dienone is 2. The molecule has 1 fully saturated rings. The van der Waals surface area contributed by atoms with Crippen LogP contribution in [0, 0.1) is 11.7 Å². The minimum atomic E-state index is -4.64. The van der Waals surface area contributed by atoms with Crippen LogP contribution in [0.2, 0.25) is 0 Å². The van der Waals surface area contributed by atoms with Gasteiger partial charge in [0.1, 0.15) is 11.6 Å². The molecule has 2 aromatic carbocycles. The summed E-state index contributed by atoms with van der Waals surface area (Å²) >= 11 is 0. The number of alkyl halides is 3. The number of hydrogen-bond donors (Lipinski definition) is 0. The summed E-state index contributed by atoms with van der Waals surface area (Å²) in [6.45, 7) is 2.12. The van der Waals surface area contributed by atoms with Crippen LogP contribution in [0.25, 0.3) is 11.1 Å². The van der Waals surface area contributed by atoms with E-state index in [1.165, 1.54) is 11.6 Å². The van der Waals surface area contributed by atoms with Gasteiger partial charge in [-0.2, -0.15) is 13.2 Å². The molecule has 0 radical (unpaired) electrons. The van der Waals surface area contributed by atoms with Crippen molar-refractivity contribution in [1.82, 2.24) is 0 Å². The third-order valence-corrected chi connectivity index (χ3v) is 5.68. The molecule has 29 heavy (non-hydrogen) atoms. The fourth-order valence-corrected chi connectivity index (χ4v) is 4.14. The summed E-state index contributed by atoms with van der Waals surface area (Å²) in [6, 6.07) is 13.2. The predicted octanol–water partition coefficient (Wildman–Crippen LogP) is 8.13. The summed E-state index contributed by atoms with van der Waals surface area (Å²) in [6.07, 6.45) is -1.27. The van der Waals surface area contributed by atoms with E-state index >= 15 is 0 Å². The lowest BCUT2D eigenvalue weighted by Crippen LogP contribution is -2.16. The third kappa shape index (κ3) is 5.68. The Morgan fingerprint density at radius 2 is 1.59 bits per heavy atom. The first-order valence-electron chi connectivity index (χ1n) is 10.1. The quantitative estimate of drug-likeness (QED) is 0.438. The van der Waals surface area contributed by atoms with E-state index in [9.17, 15) is 22.0 Å². The van der Waals surface area contributed by atoms with Crippen molar-refractivity contribution >= 4 is 0 Å². The van der Waals surface area contributed by atoms with E-state index in [0.29, 0.717) is 31.2 Å². The molecule has 0 saturated heterocycles. The van der Waals surface area contributed by atoms with Crippen molar-refractivity contribution in [2.24, 2.45) is 5.92 Å². The first kappa shape index (κ1) is 21.5. The maximum atomic E-state index is 14.8. The summed E-state index contributed by atoms with van der Waals surface area (Å²) in [5, 5.41) is 0. The van der Waals surface area contributed by atoms with Crippen molar-refractivity contribution in [3.05, 3.63) is 71.3 Å². The van der Waals surface area contributed by atoms with E-state index in [1.807, 2.05) is 18.2 Å². The smallest absolute Gasteiger partial charge is 0.212 e. The summed E-state index contributed by atoms with van der Waals surface area (Å²) in [4.78, 5) is 0. The number of halogens is 5. The van der Waals surface area contributed by atoms with Gasteiger partial charge >= 0.3 is 6.18 Å². The molecule has 2 aromatic rings. The van der Waals surface area contributed by atoms with Crippen LogP contribution in [0.3, 0.4) is 0 Å². The van der Waals surface area contributed by atoms with Crippen molar-refractivity contribution < 1.29 is 22.0 Å². The molecular formula is C24H25F5. The standard InChI is InChI=1S/C24H25F5/c1-2-3-16-4-6-17(7-5-16)20-12-13-21(22(25)14-20)18-8-10-19(11-9-18)23(26)15-24(27,28)29/h4-7,12-15,18-19H,2-3,8-11H2,1H3. The molecule has 0 heterocycles. The molecular weight excluding hydrogens is 383 g/mol. The molecule has 0 atom stereocenters. The Hall–Kier alpha value is -2.17. The first-order chi connectivity index (χ1) is 13.8. The topological polar surface area (TPSA) is 0 Å². The predicted molar refractivity (Wildman–Crippen MR) is 106 cm³/mol. The van der Waals surface area contributed by atoms with Crippen LogP contribution in [0.4, 0.5) is 22.0 Å². The molecule has 3 rings (SSSR count). The second kappa shape index (κ2) is 9.10. The zero-order chi connectivity index (χ0) is 21.0. The van der Waals surface area contributed by atoms with Crippen LogP contribution in [-0.2, 0) is 6.42 Å². The van der Waals surface area contributed by atoms with E-state index < -0.39 is 17.9 Å². The molecule has 0 aliphatic heterocycles. The van der Waals surface area contributed by atoms with Crippen molar-refractivity contribution in [2.75, 3.05) is 0 Å². The van der Waals surface area contributed by atoms with Gasteiger partial charge in [0.15, 0.2) is 0 Å². The average Bonchev–Trinajstić information content (AvgIpc) is 2.68. The Bertz CT molecular complexity index is 841. The molecule has 1 saturated carbocycles. The average molecular weight is 408 g/mol. The largest absolute Gasteiger partial charge is 0.412 e. The van der Waals surface area contributed by atoms with Gasteiger partial charge in [-0.25, -0.2) is 8.78 Å². The highest BCUT2D eigenvalue weighted by molar-refractivity contribution is 5.64. The molecule has 1 aliphatic rings. The highest BCUT2D eigenvalue weighted by Crippen LogP contribution is 2.41. The maximum Gasteiger partial charge on any atom is 0.412 e. The Labute approximate surface area is 168 Å². The number of hydrogen-bond acceptors (Lipinski definition) is 0. The van der Waals surface area contributed by atoms with E-state index in [0.717, 1.165) is 24.0 Å². The van der Waals surface area contributed by atoms with E-state index in [4.69, 9.17) is 0 Å². The molecule has 0 N–H and O–H groups in total. The van der Waals surface area contributed by atoms with Gasteiger partial charge in [-0.1, -0.05) is 49.7 Å². The van der Waals surface area contributed by atoms with Crippen molar-refractivity contribution in [3.8, 4) is 11.1 Å². The maximum absolute atomic E-state index is 14.8. The molecule has 0 unspecified atom stereocenters. The van der Waals surface area contributed by atoms with E-state index in [-0.39, 0.29) is 17.8 Å². The lowest BCUT2D eigenvalue weighted by atomic mass is 9.77. The monoisotopic (exact) mass is 408 g/mol. The van der Waals surface area contributed by atoms with Gasteiger partial charge < -0.3 is 0 Å². The molecule has 0 amide bonds. The fraction of sp³-hybridized carbons (Fsp3) is 0.417. The lowest BCUT2D eigenvalue weighted by Gasteiger charge is -2.28. The lowest BCUT2D eigenvalue weighted by molar-refractivity contribution is -0.0820. The second-order valence-electron chi connectivity index (χ2n) is 7.80. The van der Waals surface area contributed by atoms with E-state index in [2.05, 4.69) is 19.1 Å². The normalized spacial score (nSPS) is 20.7. The molecule has 0 nitrogen and oxygen atoms in total. The Balaban J connectivity index is 1.68. The fourth-order valence-electron chi connectivity index (χ4n) is 4.14. The molecule has 0 aromatic heterocycles. The van der Waals surface area contributed by atoms with Crippen LogP contribution < -0.4 is 0 Å². The number of aryl methyl sites for hydroxylation is 1. The van der Waals surface area contributed by atoms with Gasteiger partial charge in [0.05, 0.1) is 6.08 Å². The van der Waals surface area contributed by atoms with Gasteiger partial charge in [0.25, 0.3) is 0 Å². The Morgan fingerprint density at radius 1 is 0.966 bits per heavy atom. The molecule has 1 aliphatic carbocycles. The zero-order valence-corrected chi connectivity index (χ0v) is 16.4. The van der Waals surface area contributed by atoms with Crippen LogP contribution in [0.1, 0.15) is 56.1 Å². The van der Waals surface area contributed by atoms with Crippen molar-refractivity contribution in [3.63, 3.8) is 0 Å². The molecule has 0 spiro atoms. The minimum Gasteiger partial charge on any atom is -0.212 e. The van der Waals surface area contributed by atoms with Gasteiger partial charge in [0.2, 0.25) is 0 Å². The van der Waals surface area contributed by atoms with Gasteiger partial charge in [-0.15, -0.1) is 0 Å². The van der Waals surface area contributed by atoms with Gasteiger partial charge in [-0.05, 0) is 66.3 Å². The summed E-state index contributed by atoms with van der Waals surface area (Å²) < 4.78 is 65.5. The first-order valence-corrected chi connectivity index (χ1v) is 10.1. The number of rotatable bonds is 5. The van der Waals surface area contributed by atoms with Crippen LogP contribution in [0.15, 0.2) is 54.4 Å². The SMILES string of the molecule is CCCc1ccc(-c2ccc(C3CCC(C(F)=CC(F)(F)F)CC3)c(F)c2)cc1. The summed E-state index contributed by atoms with van der Waals surface area (Å²) in [5.74, 6) is -2.24. The van der Waals surface area contributed by atoms with Gasteiger partial charge in [-0.3, -0.25) is 0 Å². The second-order valence-corrected chi connectivity index (χ2v) is 7.80. The summed E-state index contributed by atoms with van der Waals surface area (Å²) in [5.41, 5.74) is 3.55. The van der Waals surface area contributed by atoms with Crippen LogP contribution in [-0.4, -0.2) is 6.18 Å². The summed E-state index contributed by atoms with van der Waals surface area (Å²) in [7, 11) is 0. The Morgan fingerprint density at radius 3 is 2.14 bits per heavy atom. The number of benzene rings is 2. The minimum absolute atomic E-state index is 0.0917. The van der Waals surface area contributed by atoms with E-state index in [1.54, 1.807) is 6.07 Å². The zero-order valence-electron chi connectivity index (χ0n) is 16.4. The van der Waals surface area contributed by atoms with Crippen LogP contribution >= 0.6 is 0 Å².